The maximum atomic E-state index is 13.2. The lowest BCUT2D eigenvalue weighted by atomic mass is 10.1. The number of methoxy groups -OCH3 is 1. The molecule has 0 bridgehead atoms. The molecule has 0 fully saturated rings. The Morgan fingerprint density at radius 1 is 1.26 bits per heavy atom. The van der Waals surface area contributed by atoms with Gasteiger partial charge in [0.1, 0.15) is 6.04 Å². The Kier molecular flexibility index (Phi) is 5.35. The highest BCUT2D eigenvalue weighted by Crippen LogP contribution is 2.20. The fourth-order valence-corrected chi connectivity index (χ4v) is 1.55. The summed E-state index contributed by atoms with van der Waals surface area (Å²) >= 11 is 0. The summed E-state index contributed by atoms with van der Waals surface area (Å²) in [6.45, 7) is 4.26. The number of benzene rings is 1. The smallest absolute Gasteiger partial charge is 0.327 e. The van der Waals surface area contributed by atoms with Gasteiger partial charge in [0.25, 0.3) is 0 Å². The maximum Gasteiger partial charge on any atom is 0.327 e. The van der Waals surface area contributed by atoms with Gasteiger partial charge in [0.05, 0.1) is 7.11 Å². The van der Waals surface area contributed by atoms with E-state index in [1.165, 1.54) is 7.11 Å². The molecule has 0 aliphatic rings. The molecular formula is C13H16F3NO2. The van der Waals surface area contributed by atoms with E-state index in [1.54, 1.807) is 0 Å². The van der Waals surface area contributed by atoms with Gasteiger partial charge in [0, 0.05) is 0 Å². The molecule has 1 unspecified atom stereocenters. The number of halogens is 3. The molecule has 19 heavy (non-hydrogen) atoms. The highest BCUT2D eigenvalue weighted by molar-refractivity contribution is 5.77. The molecule has 0 saturated carbocycles. The van der Waals surface area contributed by atoms with Gasteiger partial charge in [-0.05, 0) is 30.2 Å². The normalized spacial score (nSPS) is 12.6. The van der Waals surface area contributed by atoms with Crippen molar-refractivity contribution in [3.05, 3.63) is 35.1 Å². The highest BCUT2D eigenvalue weighted by atomic mass is 19.2. The van der Waals surface area contributed by atoms with Crippen molar-refractivity contribution in [2.45, 2.75) is 19.9 Å². The van der Waals surface area contributed by atoms with Gasteiger partial charge >= 0.3 is 5.97 Å². The third-order valence-corrected chi connectivity index (χ3v) is 2.51. The predicted molar refractivity (Wildman–Crippen MR) is 63.9 cm³/mol. The van der Waals surface area contributed by atoms with Crippen LogP contribution in [0.4, 0.5) is 13.2 Å². The summed E-state index contributed by atoms with van der Waals surface area (Å²) in [5, 5.41) is 2.83. The van der Waals surface area contributed by atoms with Crippen molar-refractivity contribution >= 4 is 5.97 Å². The Morgan fingerprint density at radius 2 is 1.79 bits per heavy atom. The summed E-state index contributed by atoms with van der Waals surface area (Å²) in [4.78, 5) is 11.6. The van der Waals surface area contributed by atoms with Crippen LogP contribution in [0.5, 0.6) is 0 Å². The van der Waals surface area contributed by atoms with Gasteiger partial charge in [0.2, 0.25) is 0 Å². The fraction of sp³-hybridized carbons (Fsp3) is 0.462. The molecule has 1 N–H and O–H groups in total. The second-order valence-corrected chi connectivity index (χ2v) is 4.56. The average Bonchev–Trinajstić information content (AvgIpc) is 2.35. The zero-order chi connectivity index (χ0) is 14.6. The van der Waals surface area contributed by atoms with Gasteiger partial charge in [-0.3, -0.25) is 0 Å². The van der Waals surface area contributed by atoms with E-state index in [-0.39, 0.29) is 11.5 Å². The average molecular weight is 275 g/mol. The Hall–Kier alpha value is -1.56. The molecule has 0 aliphatic carbocycles. The number of nitrogens with one attached hydrogen (secondary N) is 1. The topological polar surface area (TPSA) is 38.3 Å². The van der Waals surface area contributed by atoms with Crippen LogP contribution in [0.15, 0.2) is 12.1 Å². The molecule has 1 rings (SSSR count). The monoisotopic (exact) mass is 275 g/mol. The summed E-state index contributed by atoms with van der Waals surface area (Å²) in [7, 11) is 1.17. The second kappa shape index (κ2) is 6.56. The summed E-state index contributed by atoms with van der Waals surface area (Å²) < 4.78 is 43.8. The molecule has 1 aromatic rings. The lowest BCUT2D eigenvalue weighted by molar-refractivity contribution is -0.143. The van der Waals surface area contributed by atoms with E-state index in [0.717, 1.165) is 12.1 Å². The number of rotatable bonds is 5. The summed E-state index contributed by atoms with van der Waals surface area (Å²) in [6.07, 6.45) is 0. The van der Waals surface area contributed by atoms with Crippen LogP contribution in [0.3, 0.4) is 0 Å². The van der Waals surface area contributed by atoms with Crippen molar-refractivity contribution in [1.82, 2.24) is 5.32 Å². The third kappa shape index (κ3) is 3.96. The molecule has 0 aromatic heterocycles. The van der Waals surface area contributed by atoms with E-state index in [9.17, 15) is 18.0 Å². The largest absolute Gasteiger partial charge is 0.468 e. The molecule has 0 amide bonds. The maximum absolute atomic E-state index is 13.2. The molecule has 0 heterocycles. The van der Waals surface area contributed by atoms with Crippen LogP contribution in [-0.2, 0) is 9.53 Å². The predicted octanol–water partition coefficient (Wildman–Crippen LogP) is 2.56. The molecule has 3 nitrogen and oxygen atoms in total. The molecule has 106 valence electrons. The van der Waals surface area contributed by atoms with Crippen LogP contribution in [0.25, 0.3) is 0 Å². The van der Waals surface area contributed by atoms with Crippen LogP contribution in [-0.4, -0.2) is 19.6 Å². The zero-order valence-electron chi connectivity index (χ0n) is 11.0. The lowest BCUT2D eigenvalue weighted by Gasteiger charge is -2.18. The number of carbonyl (C=O) groups excluding carboxylic acids is 1. The van der Waals surface area contributed by atoms with E-state index in [1.807, 2.05) is 13.8 Å². The van der Waals surface area contributed by atoms with E-state index in [4.69, 9.17) is 0 Å². The number of hydrogen-bond acceptors (Lipinski definition) is 3. The van der Waals surface area contributed by atoms with Crippen molar-refractivity contribution in [1.29, 1.82) is 0 Å². The molecule has 1 aromatic carbocycles. The van der Waals surface area contributed by atoms with E-state index in [0.29, 0.717) is 6.54 Å². The molecule has 1 atom stereocenters. The van der Waals surface area contributed by atoms with Crippen LogP contribution < -0.4 is 5.32 Å². The van der Waals surface area contributed by atoms with Gasteiger partial charge in [-0.2, -0.15) is 0 Å². The quantitative estimate of drug-likeness (QED) is 0.663. The van der Waals surface area contributed by atoms with E-state index < -0.39 is 29.5 Å². The van der Waals surface area contributed by atoms with Gasteiger partial charge in [0.15, 0.2) is 17.5 Å². The minimum atomic E-state index is -1.56. The van der Waals surface area contributed by atoms with Crippen molar-refractivity contribution in [3.8, 4) is 0 Å². The summed E-state index contributed by atoms with van der Waals surface area (Å²) in [6, 6.07) is 0.540. The summed E-state index contributed by atoms with van der Waals surface area (Å²) in [5.41, 5.74) is -0.0103. The molecule has 0 spiro atoms. The van der Waals surface area contributed by atoms with Crippen LogP contribution in [0.2, 0.25) is 0 Å². The fourth-order valence-electron chi connectivity index (χ4n) is 1.55. The van der Waals surface area contributed by atoms with Gasteiger partial charge < -0.3 is 10.1 Å². The van der Waals surface area contributed by atoms with Crippen molar-refractivity contribution in [3.63, 3.8) is 0 Å². The van der Waals surface area contributed by atoms with Gasteiger partial charge in [-0.25, -0.2) is 18.0 Å². The van der Waals surface area contributed by atoms with Crippen molar-refractivity contribution < 1.29 is 22.7 Å². The standard InChI is InChI=1S/C13H16F3NO2/c1-7(2)6-17-12(13(18)19-3)8-4-9(14)11(16)10(15)5-8/h4-5,7,12,17H,6H2,1-3H3. The first-order chi connectivity index (χ1) is 8.86. The number of carbonyl (C=O) groups is 1. The minimum absolute atomic E-state index is 0.0103. The Labute approximate surface area is 109 Å². The second-order valence-electron chi connectivity index (χ2n) is 4.56. The van der Waals surface area contributed by atoms with E-state index in [2.05, 4.69) is 10.1 Å². The van der Waals surface area contributed by atoms with Crippen LogP contribution in [0.1, 0.15) is 25.5 Å². The number of hydrogen-bond donors (Lipinski definition) is 1. The number of ether oxygens (including phenoxy) is 1. The van der Waals surface area contributed by atoms with Crippen molar-refractivity contribution in [2.24, 2.45) is 5.92 Å². The molecule has 0 aliphatic heterocycles. The first-order valence-electron chi connectivity index (χ1n) is 5.82. The molecule has 0 radical (unpaired) electrons. The van der Waals surface area contributed by atoms with Crippen molar-refractivity contribution in [2.75, 3.05) is 13.7 Å². The molecular weight excluding hydrogens is 259 g/mol. The molecule has 6 heteroatoms. The summed E-state index contributed by atoms with van der Waals surface area (Å²) in [5.74, 6) is -4.70. The Balaban J connectivity index is 3.06. The first kappa shape index (κ1) is 15.5. The van der Waals surface area contributed by atoms with Crippen LogP contribution in [0, 0.1) is 23.4 Å². The number of esters is 1. The van der Waals surface area contributed by atoms with Crippen LogP contribution >= 0.6 is 0 Å². The van der Waals surface area contributed by atoms with E-state index >= 15 is 0 Å². The molecule has 0 saturated heterocycles. The SMILES string of the molecule is COC(=O)C(NCC(C)C)c1cc(F)c(F)c(F)c1. The minimum Gasteiger partial charge on any atom is -0.468 e. The van der Waals surface area contributed by atoms with Gasteiger partial charge in [-0.15, -0.1) is 0 Å². The lowest BCUT2D eigenvalue weighted by Crippen LogP contribution is -2.32. The third-order valence-electron chi connectivity index (χ3n) is 2.51. The first-order valence-corrected chi connectivity index (χ1v) is 5.82. The van der Waals surface area contributed by atoms with Gasteiger partial charge in [-0.1, -0.05) is 13.8 Å². The Morgan fingerprint density at radius 3 is 2.21 bits per heavy atom. The Bertz CT molecular complexity index is 440. The zero-order valence-corrected chi connectivity index (χ0v) is 11.0. The highest BCUT2D eigenvalue weighted by Gasteiger charge is 2.24.